The van der Waals surface area contributed by atoms with Crippen molar-refractivity contribution >= 4 is 29.9 Å². The van der Waals surface area contributed by atoms with Crippen LogP contribution in [0.1, 0.15) is 37.6 Å². The van der Waals surface area contributed by atoms with E-state index in [1.807, 2.05) is 14.0 Å². The topological polar surface area (TPSA) is 45.5 Å². The van der Waals surface area contributed by atoms with Gasteiger partial charge in [-0.05, 0) is 32.8 Å². The Labute approximate surface area is 146 Å². The fourth-order valence-corrected chi connectivity index (χ4v) is 2.22. The highest BCUT2D eigenvalue weighted by atomic mass is 127. The molecule has 21 heavy (non-hydrogen) atoms. The van der Waals surface area contributed by atoms with E-state index in [-0.39, 0.29) is 24.0 Å². The Bertz CT molecular complexity index is 428. The first-order valence-corrected chi connectivity index (χ1v) is 7.51. The molecule has 0 amide bonds. The zero-order valence-electron chi connectivity index (χ0n) is 14.0. The highest BCUT2D eigenvalue weighted by Gasteiger charge is 2.05. The van der Waals surface area contributed by atoms with E-state index in [1.54, 1.807) is 0 Å². The Hall–Kier alpha value is -0.790. The first-order chi connectivity index (χ1) is 9.58. The van der Waals surface area contributed by atoms with Crippen molar-refractivity contribution < 1.29 is 0 Å². The summed E-state index contributed by atoms with van der Waals surface area (Å²) in [5, 5.41) is 7.88. The van der Waals surface area contributed by atoms with Crippen LogP contribution in [0.2, 0.25) is 0 Å². The van der Waals surface area contributed by atoms with Gasteiger partial charge in [-0.1, -0.05) is 13.3 Å². The van der Waals surface area contributed by atoms with Crippen LogP contribution in [0.15, 0.2) is 11.1 Å². The van der Waals surface area contributed by atoms with Crippen LogP contribution in [0, 0.1) is 13.8 Å². The molecule has 0 unspecified atom stereocenters. The van der Waals surface area contributed by atoms with E-state index in [2.05, 4.69) is 52.0 Å². The Morgan fingerprint density at radius 2 is 2.10 bits per heavy atom. The van der Waals surface area contributed by atoms with Gasteiger partial charge in [0.2, 0.25) is 0 Å². The van der Waals surface area contributed by atoms with Crippen LogP contribution in [0.5, 0.6) is 0 Å². The highest BCUT2D eigenvalue weighted by Crippen LogP contribution is 2.02. The maximum Gasteiger partial charge on any atom is 0.193 e. The number of nitrogens with one attached hydrogen (secondary N) is 1. The molecule has 6 heteroatoms. The third-order valence-corrected chi connectivity index (χ3v) is 3.35. The van der Waals surface area contributed by atoms with Gasteiger partial charge >= 0.3 is 0 Å². The molecule has 0 bridgehead atoms. The van der Waals surface area contributed by atoms with Crippen LogP contribution in [-0.2, 0) is 6.54 Å². The van der Waals surface area contributed by atoms with Crippen molar-refractivity contribution in [1.29, 1.82) is 0 Å². The summed E-state index contributed by atoms with van der Waals surface area (Å²) in [6.45, 7) is 9.26. The summed E-state index contributed by atoms with van der Waals surface area (Å²) in [5.74, 6) is 0.979. The average molecular weight is 407 g/mol. The lowest BCUT2D eigenvalue weighted by Gasteiger charge is -2.21. The summed E-state index contributed by atoms with van der Waals surface area (Å²) in [5.41, 5.74) is 2.32. The van der Waals surface area contributed by atoms with Crippen molar-refractivity contribution in [3.8, 4) is 0 Å². The van der Waals surface area contributed by atoms with Crippen molar-refractivity contribution in [1.82, 2.24) is 20.0 Å². The highest BCUT2D eigenvalue weighted by molar-refractivity contribution is 14.0. The standard InChI is InChI=1S/C15H29N5.HI/c1-6-7-10-19(5)15(16-4)17-9-8-11-20-14(3)12-13(2)18-20;/h12H,6-11H2,1-5H3,(H,16,17);1H. The molecule has 0 aliphatic heterocycles. The van der Waals surface area contributed by atoms with E-state index in [0.29, 0.717) is 0 Å². The SMILES string of the molecule is CCCCN(C)C(=NC)NCCCn1nc(C)cc1C.I. The number of guanidine groups is 1. The number of halogens is 1. The minimum absolute atomic E-state index is 0. The Morgan fingerprint density at radius 3 is 2.62 bits per heavy atom. The largest absolute Gasteiger partial charge is 0.356 e. The van der Waals surface area contributed by atoms with Crippen LogP contribution in [0.3, 0.4) is 0 Å². The lowest BCUT2D eigenvalue weighted by atomic mass is 10.3. The van der Waals surface area contributed by atoms with Gasteiger partial charge in [0, 0.05) is 39.4 Å². The van der Waals surface area contributed by atoms with E-state index < -0.39 is 0 Å². The molecule has 5 nitrogen and oxygen atoms in total. The molecule has 1 rings (SSSR count). The average Bonchev–Trinajstić information content (AvgIpc) is 2.74. The van der Waals surface area contributed by atoms with Crippen LogP contribution in [0.4, 0.5) is 0 Å². The van der Waals surface area contributed by atoms with E-state index in [1.165, 1.54) is 18.5 Å². The molecule has 1 aromatic heterocycles. The molecule has 0 aliphatic rings. The predicted octanol–water partition coefficient (Wildman–Crippen LogP) is 2.82. The van der Waals surface area contributed by atoms with E-state index >= 15 is 0 Å². The van der Waals surface area contributed by atoms with E-state index in [4.69, 9.17) is 0 Å². The van der Waals surface area contributed by atoms with Gasteiger partial charge in [-0.25, -0.2) is 0 Å². The van der Waals surface area contributed by atoms with Gasteiger partial charge in [0.1, 0.15) is 0 Å². The van der Waals surface area contributed by atoms with Gasteiger partial charge in [0.15, 0.2) is 5.96 Å². The summed E-state index contributed by atoms with van der Waals surface area (Å²) < 4.78 is 2.07. The van der Waals surface area contributed by atoms with Gasteiger partial charge in [0.25, 0.3) is 0 Å². The van der Waals surface area contributed by atoms with Crippen molar-refractivity contribution in [3.05, 3.63) is 17.5 Å². The van der Waals surface area contributed by atoms with Gasteiger partial charge in [-0.15, -0.1) is 24.0 Å². The molecule has 0 atom stereocenters. The normalized spacial score (nSPS) is 11.2. The van der Waals surface area contributed by atoms with Gasteiger partial charge in [0.05, 0.1) is 5.69 Å². The molecule has 1 N–H and O–H groups in total. The molecule has 0 aromatic carbocycles. The number of nitrogens with zero attached hydrogens (tertiary/aromatic N) is 4. The van der Waals surface area contributed by atoms with E-state index in [9.17, 15) is 0 Å². The molecule has 1 aromatic rings. The Balaban J connectivity index is 0.00000400. The molecular formula is C15H30IN5. The van der Waals surface area contributed by atoms with Crippen LogP contribution in [0.25, 0.3) is 0 Å². The Kier molecular flexibility index (Phi) is 10.5. The first kappa shape index (κ1) is 20.2. The monoisotopic (exact) mass is 407 g/mol. The number of aryl methyl sites for hydroxylation is 3. The quantitative estimate of drug-likeness (QED) is 0.327. The maximum atomic E-state index is 4.47. The van der Waals surface area contributed by atoms with Gasteiger partial charge in [-0.2, -0.15) is 5.10 Å². The minimum Gasteiger partial charge on any atom is -0.356 e. The third kappa shape index (κ3) is 7.15. The van der Waals surface area contributed by atoms with Crippen molar-refractivity contribution in [2.75, 3.05) is 27.2 Å². The molecule has 0 radical (unpaired) electrons. The summed E-state index contributed by atoms with van der Waals surface area (Å²) >= 11 is 0. The lowest BCUT2D eigenvalue weighted by Crippen LogP contribution is -2.40. The minimum atomic E-state index is 0. The second-order valence-corrected chi connectivity index (χ2v) is 5.25. The van der Waals surface area contributed by atoms with E-state index in [0.717, 1.165) is 37.7 Å². The number of hydrogen-bond donors (Lipinski definition) is 1. The maximum absolute atomic E-state index is 4.47. The summed E-state index contributed by atoms with van der Waals surface area (Å²) in [6.07, 6.45) is 3.45. The molecule has 0 saturated heterocycles. The fraction of sp³-hybridized carbons (Fsp3) is 0.733. The first-order valence-electron chi connectivity index (χ1n) is 7.51. The van der Waals surface area contributed by atoms with Crippen molar-refractivity contribution in [2.45, 2.75) is 46.6 Å². The number of aliphatic imine (C=N–C) groups is 1. The van der Waals surface area contributed by atoms with Crippen LogP contribution >= 0.6 is 24.0 Å². The van der Waals surface area contributed by atoms with Crippen molar-refractivity contribution in [3.63, 3.8) is 0 Å². The molecule has 0 saturated carbocycles. The molecule has 0 aliphatic carbocycles. The zero-order chi connectivity index (χ0) is 15.0. The molecule has 0 fully saturated rings. The smallest absolute Gasteiger partial charge is 0.193 e. The van der Waals surface area contributed by atoms with Gasteiger partial charge < -0.3 is 10.2 Å². The van der Waals surface area contributed by atoms with Crippen molar-refractivity contribution in [2.24, 2.45) is 4.99 Å². The number of unbranched alkanes of at least 4 members (excludes halogenated alkanes) is 1. The molecule has 0 spiro atoms. The molecule has 1 heterocycles. The predicted molar refractivity (Wildman–Crippen MR) is 101 cm³/mol. The number of hydrogen-bond acceptors (Lipinski definition) is 2. The fourth-order valence-electron chi connectivity index (χ4n) is 2.22. The lowest BCUT2D eigenvalue weighted by molar-refractivity contribution is 0.460. The summed E-state index contributed by atoms with van der Waals surface area (Å²) in [4.78, 5) is 6.50. The van der Waals surface area contributed by atoms with Gasteiger partial charge in [-0.3, -0.25) is 9.67 Å². The van der Waals surface area contributed by atoms with Crippen LogP contribution in [-0.4, -0.2) is 47.8 Å². The second kappa shape index (κ2) is 10.9. The third-order valence-electron chi connectivity index (χ3n) is 3.35. The molecule has 122 valence electrons. The Morgan fingerprint density at radius 1 is 1.38 bits per heavy atom. The summed E-state index contributed by atoms with van der Waals surface area (Å²) in [7, 11) is 3.93. The van der Waals surface area contributed by atoms with Crippen LogP contribution < -0.4 is 5.32 Å². The second-order valence-electron chi connectivity index (χ2n) is 5.25. The number of aromatic nitrogens is 2. The summed E-state index contributed by atoms with van der Waals surface area (Å²) in [6, 6.07) is 2.12. The zero-order valence-corrected chi connectivity index (χ0v) is 16.3. The molecular weight excluding hydrogens is 377 g/mol. The number of rotatable bonds is 7.